The number of amides is 1. The molecule has 43 heavy (non-hydrogen) atoms. The fraction of sp³-hybridized carbons (Fsp3) is 0.296. The number of hydrogen-bond donors (Lipinski definition) is 7. The number of rotatable bonds is 9. The highest BCUT2D eigenvalue weighted by molar-refractivity contribution is 6.05. The van der Waals surface area contributed by atoms with E-state index < -0.39 is 41.7 Å². The van der Waals surface area contributed by atoms with Crippen LogP contribution in [0.15, 0.2) is 48.7 Å². The third-order valence-electron chi connectivity index (χ3n) is 6.29. The number of nitrogens with one attached hydrogen (secondary N) is 1. The molecule has 1 amide bonds. The number of aromatic nitrogens is 2. The van der Waals surface area contributed by atoms with Gasteiger partial charge in [0.1, 0.15) is 23.1 Å². The van der Waals surface area contributed by atoms with Crippen LogP contribution in [0.5, 0.6) is 5.75 Å². The summed E-state index contributed by atoms with van der Waals surface area (Å²) in [5.74, 6) is -5.12. The van der Waals surface area contributed by atoms with Crippen LogP contribution in [0.4, 0.5) is 20.2 Å². The first-order valence-electron chi connectivity index (χ1n) is 12.6. The van der Waals surface area contributed by atoms with E-state index in [1.165, 1.54) is 49.7 Å². The molecule has 1 fully saturated rings. The van der Waals surface area contributed by atoms with E-state index >= 15 is 0 Å². The van der Waals surface area contributed by atoms with Crippen LogP contribution in [-0.4, -0.2) is 97.9 Å². The summed E-state index contributed by atoms with van der Waals surface area (Å²) in [5.41, 5.74) is 6.75. The van der Waals surface area contributed by atoms with Crippen molar-refractivity contribution in [2.45, 2.75) is 30.7 Å². The van der Waals surface area contributed by atoms with Gasteiger partial charge in [0.05, 0.1) is 36.7 Å². The molecule has 2 heterocycles. The molecule has 0 bridgehead atoms. The Kier molecular flexibility index (Phi) is 11.0. The second-order valence-electron chi connectivity index (χ2n) is 9.25. The number of carbonyl (C=O) groups excluding carboxylic acids is 1. The van der Waals surface area contributed by atoms with Crippen molar-refractivity contribution in [2.75, 3.05) is 30.5 Å². The van der Waals surface area contributed by atoms with Crippen LogP contribution in [0.25, 0.3) is 11.4 Å². The summed E-state index contributed by atoms with van der Waals surface area (Å²) in [7, 11) is 1.39. The molecule has 3 aromatic rings. The molecule has 1 aliphatic rings. The Morgan fingerprint density at radius 2 is 1.79 bits per heavy atom. The number of nitrogens with zero attached hydrogens (tertiary/aromatic N) is 3. The lowest BCUT2D eigenvalue weighted by Gasteiger charge is -2.27. The highest BCUT2D eigenvalue weighted by Crippen LogP contribution is 2.33. The maximum absolute atomic E-state index is 14.4. The van der Waals surface area contributed by atoms with Gasteiger partial charge in [-0.05, 0) is 42.8 Å². The molecular formula is C27H29F2N5O9. The minimum Gasteiger partial charge on any atom is -0.496 e. The molecule has 1 aromatic heterocycles. The maximum Gasteiger partial charge on any atom is 0.335 e. The van der Waals surface area contributed by atoms with E-state index in [0.717, 1.165) is 0 Å². The molecule has 2 aromatic carbocycles. The van der Waals surface area contributed by atoms with E-state index in [9.17, 15) is 28.3 Å². The Morgan fingerprint density at radius 1 is 1.12 bits per heavy atom. The van der Waals surface area contributed by atoms with Gasteiger partial charge in [0.25, 0.3) is 5.91 Å². The number of aliphatic hydroxyl groups is 3. The normalized spacial score (nSPS) is 17.3. The smallest absolute Gasteiger partial charge is 0.335 e. The number of carbonyl (C=O) groups is 3. The lowest BCUT2D eigenvalue weighted by atomic mass is 10.1. The van der Waals surface area contributed by atoms with Gasteiger partial charge in [-0.1, -0.05) is 6.07 Å². The van der Waals surface area contributed by atoms with E-state index in [0.29, 0.717) is 18.7 Å². The number of ether oxygens (including phenoxy) is 1. The van der Waals surface area contributed by atoms with Crippen molar-refractivity contribution in [3.63, 3.8) is 0 Å². The zero-order chi connectivity index (χ0) is 31.8. The average molecular weight is 606 g/mol. The summed E-state index contributed by atoms with van der Waals surface area (Å²) in [6, 6.07) is 9.25. The third-order valence-corrected chi connectivity index (χ3v) is 6.29. The largest absolute Gasteiger partial charge is 0.496 e. The molecule has 4 rings (SSSR count). The number of halogens is 2. The van der Waals surface area contributed by atoms with Gasteiger partial charge < -0.3 is 46.2 Å². The topological polar surface area (TPSA) is 229 Å². The standard InChI is InChI=1S/C23H23F2N5O3.C4H6O6/c1-33-20-4-2-3-16(25)21(20)22-27-8-7-17(28-22)23(32)29-18-9-13(24)5-6-19(18)30-11-14(26)10-15(30)12-31;5-1(3(7)8)2(6)4(9)10/h2-9,14-15,31H,10-12,26H2,1H3,(H,29,32);1-2,5-6H,(H,7,8)(H,9,10)/t14-,15-;1-,2-/m01/s1. The molecule has 0 radical (unpaired) electrons. The van der Waals surface area contributed by atoms with E-state index in [1.807, 2.05) is 4.90 Å². The van der Waals surface area contributed by atoms with Gasteiger partial charge in [0, 0.05) is 18.8 Å². The van der Waals surface area contributed by atoms with Crippen LogP contribution >= 0.6 is 0 Å². The number of anilines is 2. The number of hydrogen-bond acceptors (Lipinski definition) is 11. The van der Waals surface area contributed by atoms with Crippen LogP contribution in [0.2, 0.25) is 0 Å². The van der Waals surface area contributed by atoms with E-state index in [2.05, 4.69) is 15.3 Å². The van der Waals surface area contributed by atoms with Gasteiger partial charge >= 0.3 is 11.9 Å². The first-order chi connectivity index (χ1) is 20.4. The fourth-order valence-corrected chi connectivity index (χ4v) is 4.23. The number of nitrogens with two attached hydrogens (primary N) is 1. The predicted octanol–water partition coefficient (Wildman–Crippen LogP) is 0.458. The van der Waals surface area contributed by atoms with Gasteiger partial charge in [-0.15, -0.1) is 0 Å². The number of aliphatic carboxylic acids is 2. The second kappa shape index (κ2) is 14.4. The van der Waals surface area contributed by atoms with Gasteiger partial charge in [0.15, 0.2) is 18.0 Å². The van der Waals surface area contributed by atoms with Crippen molar-refractivity contribution >= 4 is 29.2 Å². The minimum absolute atomic E-state index is 0.0251. The minimum atomic E-state index is -2.27. The Hall–Kier alpha value is -4.77. The molecule has 0 aliphatic carbocycles. The molecule has 1 saturated heterocycles. The summed E-state index contributed by atoms with van der Waals surface area (Å²) in [6.45, 7) is 0.322. The summed E-state index contributed by atoms with van der Waals surface area (Å²) < 4.78 is 33.7. The van der Waals surface area contributed by atoms with Crippen molar-refractivity contribution < 1.29 is 53.4 Å². The number of benzene rings is 2. The molecule has 230 valence electrons. The van der Waals surface area contributed by atoms with Crippen molar-refractivity contribution in [2.24, 2.45) is 5.73 Å². The van der Waals surface area contributed by atoms with Crippen molar-refractivity contribution in [3.05, 3.63) is 66.0 Å². The number of carboxylic acid groups (broad SMARTS) is 2. The molecule has 16 heteroatoms. The first kappa shape index (κ1) is 32.7. The Labute approximate surface area is 243 Å². The lowest BCUT2D eigenvalue weighted by molar-refractivity contribution is -0.165. The molecule has 14 nitrogen and oxygen atoms in total. The van der Waals surface area contributed by atoms with Crippen LogP contribution in [0.1, 0.15) is 16.9 Å². The monoisotopic (exact) mass is 605 g/mol. The van der Waals surface area contributed by atoms with Crippen LogP contribution in [0, 0.1) is 11.6 Å². The zero-order valence-corrected chi connectivity index (χ0v) is 22.6. The fourth-order valence-electron chi connectivity index (χ4n) is 4.23. The zero-order valence-electron chi connectivity index (χ0n) is 22.6. The lowest BCUT2D eigenvalue weighted by Crippen LogP contribution is -2.39. The van der Waals surface area contributed by atoms with E-state index in [-0.39, 0.29) is 47.2 Å². The Morgan fingerprint density at radius 3 is 2.40 bits per heavy atom. The summed E-state index contributed by atoms with van der Waals surface area (Å²) >= 11 is 0. The molecule has 0 spiro atoms. The van der Waals surface area contributed by atoms with Crippen LogP contribution in [-0.2, 0) is 9.59 Å². The van der Waals surface area contributed by atoms with Gasteiger partial charge in [-0.25, -0.2) is 28.3 Å². The van der Waals surface area contributed by atoms with Crippen LogP contribution < -0.4 is 20.7 Å². The maximum atomic E-state index is 14.4. The number of methoxy groups -OCH3 is 1. The average Bonchev–Trinajstić information content (AvgIpc) is 3.36. The second-order valence-corrected chi connectivity index (χ2v) is 9.25. The molecule has 0 saturated carbocycles. The predicted molar refractivity (Wildman–Crippen MR) is 146 cm³/mol. The van der Waals surface area contributed by atoms with E-state index in [4.69, 9.17) is 30.9 Å². The van der Waals surface area contributed by atoms with Gasteiger partial charge in [-0.2, -0.15) is 0 Å². The molecule has 1 aliphatic heterocycles. The summed E-state index contributed by atoms with van der Waals surface area (Å²) in [5, 5.41) is 44.9. The molecule has 4 atom stereocenters. The highest BCUT2D eigenvalue weighted by Gasteiger charge is 2.32. The summed E-state index contributed by atoms with van der Waals surface area (Å²) in [6.07, 6.45) is -2.63. The Bertz CT molecular complexity index is 1460. The number of aliphatic hydroxyl groups excluding tert-OH is 3. The number of carboxylic acids is 2. The van der Waals surface area contributed by atoms with Crippen molar-refractivity contribution in [3.8, 4) is 17.1 Å². The first-order valence-corrected chi connectivity index (χ1v) is 12.6. The molecular weight excluding hydrogens is 576 g/mol. The van der Waals surface area contributed by atoms with Gasteiger partial charge in [-0.3, -0.25) is 4.79 Å². The Balaban J connectivity index is 0.000000436. The van der Waals surface area contributed by atoms with E-state index in [1.54, 1.807) is 6.07 Å². The van der Waals surface area contributed by atoms with Crippen molar-refractivity contribution in [1.82, 2.24) is 9.97 Å². The highest BCUT2D eigenvalue weighted by atomic mass is 19.1. The van der Waals surface area contributed by atoms with Crippen molar-refractivity contribution in [1.29, 1.82) is 0 Å². The third kappa shape index (κ3) is 7.95. The summed E-state index contributed by atoms with van der Waals surface area (Å²) in [4.78, 5) is 42.6. The van der Waals surface area contributed by atoms with Gasteiger partial charge in [0.2, 0.25) is 0 Å². The van der Waals surface area contributed by atoms with Crippen LogP contribution in [0.3, 0.4) is 0 Å². The SMILES string of the molecule is COc1cccc(F)c1-c1nccc(C(=O)Nc2cc(F)ccc2N2C[C@@H](N)C[C@H]2CO)n1.O=C(O)[C@H](O)[C@@H](O)C(=O)O. The quantitative estimate of drug-likeness (QED) is 0.176. The molecule has 8 N–H and O–H groups in total. The molecule has 0 unspecified atom stereocenters.